The Bertz CT molecular complexity index is 678. The van der Waals surface area contributed by atoms with Gasteiger partial charge in [0.1, 0.15) is 18.1 Å². The van der Waals surface area contributed by atoms with E-state index in [4.69, 9.17) is 9.47 Å². The minimum atomic E-state index is -0.550. The predicted octanol–water partition coefficient (Wildman–Crippen LogP) is -0.433. The van der Waals surface area contributed by atoms with Gasteiger partial charge in [-0.1, -0.05) is 18.2 Å². The Hall–Kier alpha value is -2.41. The first-order valence-electron chi connectivity index (χ1n) is 8.97. The lowest BCUT2D eigenvalue weighted by atomic mass is 9.87. The summed E-state index contributed by atoms with van der Waals surface area (Å²) in [7, 11) is 3.55. The third-order valence-electron chi connectivity index (χ3n) is 5.57. The molecule has 5 atom stereocenters. The van der Waals surface area contributed by atoms with Gasteiger partial charge in [0.25, 0.3) is 5.91 Å². The maximum Gasteiger partial charge on any atom is 0.338 e. The highest BCUT2D eigenvalue weighted by Gasteiger charge is 2.54. The minimum Gasteiger partial charge on any atom is -0.457 e. The Labute approximate surface area is 152 Å². The van der Waals surface area contributed by atoms with Crippen LogP contribution in [-0.2, 0) is 19.1 Å². The van der Waals surface area contributed by atoms with Gasteiger partial charge < -0.3 is 19.7 Å². The maximum atomic E-state index is 12.7. The highest BCUT2D eigenvalue weighted by Crippen LogP contribution is 2.31. The number of benzene rings is 1. The number of carbonyl (C=O) groups excluding carboxylic acids is 3. The molecule has 7 nitrogen and oxygen atoms in total. The molecule has 3 rings (SSSR count). The zero-order chi connectivity index (χ0) is 18.7. The van der Waals surface area contributed by atoms with Gasteiger partial charge in [0.2, 0.25) is 0 Å². The molecular formula is C19H25N2O5+. The number of fused-ring (bicyclic) bond motifs is 2. The molecule has 2 aliphatic rings. The molecule has 0 aliphatic carbocycles. The number of esters is 2. The van der Waals surface area contributed by atoms with Crippen molar-refractivity contribution in [2.75, 3.05) is 20.7 Å². The smallest absolute Gasteiger partial charge is 0.338 e. The number of carbonyl (C=O) groups is 3. The van der Waals surface area contributed by atoms with Crippen molar-refractivity contribution >= 4 is 17.8 Å². The van der Waals surface area contributed by atoms with Gasteiger partial charge in [0, 0.05) is 26.3 Å². The fraction of sp³-hybridized carbons (Fsp3) is 0.526. The number of rotatable bonds is 5. The van der Waals surface area contributed by atoms with E-state index in [-0.39, 0.29) is 18.6 Å². The third kappa shape index (κ3) is 3.72. The number of quaternary nitrogens is 1. The molecule has 2 aliphatic heterocycles. The molecule has 140 valence electrons. The van der Waals surface area contributed by atoms with E-state index in [0.717, 1.165) is 12.8 Å². The summed E-state index contributed by atoms with van der Waals surface area (Å²) in [5, 5.41) is 2.42. The topological polar surface area (TPSA) is 86.1 Å². The molecule has 0 saturated carbocycles. The lowest BCUT2D eigenvalue weighted by Gasteiger charge is -2.38. The molecule has 1 amide bonds. The van der Waals surface area contributed by atoms with E-state index in [1.165, 1.54) is 11.9 Å². The third-order valence-corrected chi connectivity index (χ3v) is 5.57. The highest BCUT2D eigenvalue weighted by atomic mass is 16.6. The predicted molar refractivity (Wildman–Crippen MR) is 92.5 cm³/mol. The van der Waals surface area contributed by atoms with Crippen LogP contribution in [0.2, 0.25) is 0 Å². The Morgan fingerprint density at radius 2 is 1.92 bits per heavy atom. The van der Waals surface area contributed by atoms with Gasteiger partial charge in [-0.2, -0.15) is 0 Å². The van der Waals surface area contributed by atoms with E-state index in [9.17, 15) is 14.4 Å². The van der Waals surface area contributed by atoms with Crippen LogP contribution >= 0.6 is 0 Å². The molecule has 2 fully saturated rings. The van der Waals surface area contributed by atoms with Crippen molar-refractivity contribution in [1.29, 1.82) is 0 Å². The van der Waals surface area contributed by atoms with Crippen molar-refractivity contribution < 1.29 is 28.8 Å². The van der Waals surface area contributed by atoms with E-state index in [2.05, 4.69) is 12.4 Å². The Morgan fingerprint density at radius 3 is 2.62 bits per heavy atom. The van der Waals surface area contributed by atoms with Gasteiger partial charge in [0.05, 0.1) is 18.7 Å². The number of amides is 1. The van der Waals surface area contributed by atoms with Crippen molar-refractivity contribution in [3.05, 3.63) is 35.9 Å². The highest BCUT2D eigenvalue weighted by molar-refractivity contribution is 5.89. The average Bonchev–Trinajstić information content (AvgIpc) is 2.89. The van der Waals surface area contributed by atoms with Gasteiger partial charge in [-0.15, -0.1) is 0 Å². The summed E-state index contributed by atoms with van der Waals surface area (Å²) >= 11 is 0. The molecule has 0 aromatic heterocycles. The monoisotopic (exact) mass is 361 g/mol. The number of hydrogen-bond acceptors (Lipinski definition) is 5. The van der Waals surface area contributed by atoms with Gasteiger partial charge in [-0.25, -0.2) is 4.79 Å². The van der Waals surface area contributed by atoms with Crippen LogP contribution in [0.1, 0.15) is 29.6 Å². The number of nitrogens with one attached hydrogen (secondary N) is 2. The van der Waals surface area contributed by atoms with Crippen LogP contribution in [0.15, 0.2) is 30.3 Å². The van der Waals surface area contributed by atoms with Crippen LogP contribution in [0, 0.1) is 5.92 Å². The van der Waals surface area contributed by atoms with Crippen molar-refractivity contribution in [3.63, 3.8) is 0 Å². The van der Waals surface area contributed by atoms with E-state index in [1.54, 1.807) is 24.3 Å². The summed E-state index contributed by atoms with van der Waals surface area (Å²) < 4.78 is 10.9. The second kappa shape index (κ2) is 7.86. The first-order chi connectivity index (χ1) is 12.5. The lowest BCUT2D eigenvalue weighted by molar-refractivity contribution is -0.926. The molecule has 3 unspecified atom stereocenters. The summed E-state index contributed by atoms with van der Waals surface area (Å²) in [6.07, 6.45) is 1.98. The maximum absolute atomic E-state index is 12.7. The lowest BCUT2D eigenvalue weighted by Crippen LogP contribution is -3.16. The van der Waals surface area contributed by atoms with Crippen LogP contribution in [0.5, 0.6) is 0 Å². The molecule has 2 heterocycles. The number of likely N-dealkylation sites (N-methyl/N-ethyl adjacent to an activating group) is 1. The van der Waals surface area contributed by atoms with E-state index < -0.39 is 24.0 Å². The van der Waals surface area contributed by atoms with Crippen LogP contribution < -0.4 is 10.2 Å². The fourth-order valence-corrected chi connectivity index (χ4v) is 4.11. The molecule has 0 spiro atoms. The van der Waals surface area contributed by atoms with Crippen molar-refractivity contribution in [2.45, 2.75) is 37.5 Å². The van der Waals surface area contributed by atoms with Crippen molar-refractivity contribution in [1.82, 2.24) is 5.32 Å². The number of ether oxygens (including phenoxy) is 2. The number of hydrogen-bond donors (Lipinski definition) is 2. The molecule has 2 bridgehead atoms. The SMILES string of the molecule is CNC(=O)COC(=O)[C@@H]1C2CCC(C[C@@H]1OC(=O)c1ccccc1)[NH+]2C. The summed E-state index contributed by atoms with van der Waals surface area (Å²) in [5.74, 6) is -1.81. The summed E-state index contributed by atoms with van der Waals surface area (Å²) in [4.78, 5) is 37.8. The van der Waals surface area contributed by atoms with E-state index in [1.807, 2.05) is 6.07 Å². The van der Waals surface area contributed by atoms with Crippen LogP contribution in [0.25, 0.3) is 0 Å². The first kappa shape index (κ1) is 18.4. The quantitative estimate of drug-likeness (QED) is 0.695. The second-order valence-electron chi connectivity index (χ2n) is 6.98. The zero-order valence-electron chi connectivity index (χ0n) is 15.1. The van der Waals surface area contributed by atoms with Gasteiger partial charge in [0.15, 0.2) is 6.61 Å². The van der Waals surface area contributed by atoms with E-state index >= 15 is 0 Å². The zero-order valence-corrected chi connectivity index (χ0v) is 15.1. The van der Waals surface area contributed by atoms with Crippen molar-refractivity contribution in [2.24, 2.45) is 5.92 Å². The van der Waals surface area contributed by atoms with Crippen LogP contribution in [0.4, 0.5) is 0 Å². The summed E-state index contributed by atoms with van der Waals surface area (Å²) in [5.41, 5.74) is 0.462. The summed E-state index contributed by atoms with van der Waals surface area (Å²) in [6, 6.07) is 9.17. The molecule has 26 heavy (non-hydrogen) atoms. The Morgan fingerprint density at radius 1 is 1.19 bits per heavy atom. The molecule has 2 saturated heterocycles. The first-order valence-corrected chi connectivity index (χ1v) is 8.97. The largest absolute Gasteiger partial charge is 0.457 e. The Kier molecular flexibility index (Phi) is 5.56. The normalized spacial score (nSPS) is 29.7. The summed E-state index contributed by atoms with van der Waals surface area (Å²) in [6.45, 7) is -0.319. The van der Waals surface area contributed by atoms with Gasteiger partial charge in [-0.05, 0) is 12.1 Å². The standard InChI is InChI=1S/C19H24N2O5/c1-20-16(22)11-25-19(24)17-14-9-8-13(21(14)2)10-15(17)26-18(23)12-6-4-3-5-7-12/h3-7,13-15,17H,8-11H2,1-2H3,(H,20,22)/p+1/t13?,14?,15-,17+/m0/s1. The fourth-order valence-electron chi connectivity index (χ4n) is 4.11. The molecule has 0 radical (unpaired) electrons. The van der Waals surface area contributed by atoms with Crippen molar-refractivity contribution in [3.8, 4) is 0 Å². The van der Waals surface area contributed by atoms with Gasteiger partial charge in [-0.3, -0.25) is 9.59 Å². The average molecular weight is 361 g/mol. The van der Waals surface area contributed by atoms with E-state index in [0.29, 0.717) is 18.0 Å². The minimum absolute atomic E-state index is 0.0412. The van der Waals surface area contributed by atoms with Crippen LogP contribution in [0.3, 0.4) is 0 Å². The Balaban J connectivity index is 1.74. The molecule has 7 heteroatoms. The molecule has 2 N–H and O–H groups in total. The molecule has 1 aromatic rings. The van der Waals surface area contributed by atoms with Gasteiger partial charge >= 0.3 is 11.9 Å². The molecule has 1 aromatic carbocycles. The number of piperidine rings is 1. The van der Waals surface area contributed by atoms with Crippen LogP contribution in [-0.4, -0.2) is 56.7 Å². The molecular weight excluding hydrogens is 336 g/mol. The second-order valence-corrected chi connectivity index (χ2v) is 6.98.